The fraction of sp³-hybridized carbons (Fsp3) is 0.350. The molecule has 1 atom stereocenters. The summed E-state index contributed by atoms with van der Waals surface area (Å²) in [4.78, 5) is 2.47. The summed E-state index contributed by atoms with van der Waals surface area (Å²) in [6.07, 6.45) is 2.28. The highest BCUT2D eigenvalue weighted by molar-refractivity contribution is 5.61. The van der Waals surface area contributed by atoms with Crippen LogP contribution in [0.5, 0.6) is 5.75 Å². The van der Waals surface area contributed by atoms with Crippen LogP contribution < -0.4 is 10.1 Å². The first-order valence-electron chi connectivity index (χ1n) is 8.39. The highest BCUT2D eigenvalue weighted by Gasteiger charge is 2.20. The number of benzene rings is 2. The van der Waals surface area contributed by atoms with E-state index >= 15 is 0 Å². The van der Waals surface area contributed by atoms with Crippen LogP contribution in [0.3, 0.4) is 0 Å². The van der Waals surface area contributed by atoms with Gasteiger partial charge in [0.1, 0.15) is 11.8 Å². The Morgan fingerprint density at radius 2 is 2.08 bits per heavy atom. The van der Waals surface area contributed by atoms with Crippen molar-refractivity contribution >= 4 is 5.69 Å². The Kier molecular flexibility index (Phi) is 5.35. The van der Waals surface area contributed by atoms with Crippen molar-refractivity contribution in [2.45, 2.75) is 25.4 Å². The van der Waals surface area contributed by atoms with Crippen LogP contribution in [0.1, 0.15) is 24.0 Å². The number of hydrogen-bond donors (Lipinski definition) is 1. The molecule has 0 saturated carbocycles. The molecule has 0 amide bonds. The predicted octanol–water partition coefficient (Wildman–Crippen LogP) is 3.64. The molecule has 1 heterocycles. The van der Waals surface area contributed by atoms with E-state index in [1.807, 2.05) is 18.2 Å². The molecule has 2 aromatic rings. The molecule has 0 bridgehead atoms. The van der Waals surface area contributed by atoms with Crippen molar-refractivity contribution in [3.05, 3.63) is 59.7 Å². The third-order valence-corrected chi connectivity index (χ3v) is 4.46. The highest BCUT2D eigenvalue weighted by Crippen LogP contribution is 2.25. The van der Waals surface area contributed by atoms with E-state index in [-0.39, 0.29) is 0 Å². The maximum Gasteiger partial charge on any atom is 0.121 e. The summed E-state index contributed by atoms with van der Waals surface area (Å²) in [5.41, 5.74) is 2.87. The van der Waals surface area contributed by atoms with Gasteiger partial charge in [0, 0.05) is 25.2 Å². The van der Waals surface area contributed by atoms with Crippen molar-refractivity contribution in [1.29, 1.82) is 5.26 Å². The lowest BCUT2D eigenvalue weighted by Gasteiger charge is -2.34. The van der Waals surface area contributed by atoms with E-state index in [0.29, 0.717) is 11.6 Å². The molecule has 4 heteroatoms. The summed E-state index contributed by atoms with van der Waals surface area (Å²) in [5.74, 6) is 0.772. The predicted molar refractivity (Wildman–Crippen MR) is 96.1 cm³/mol. The zero-order valence-electron chi connectivity index (χ0n) is 14.0. The number of anilines is 1. The molecule has 1 aliphatic heterocycles. The largest absolute Gasteiger partial charge is 0.497 e. The third-order valence-electron chi connectivity index (χ3n) is 4.46. The number of hydrogen-bond acceptors (Lipinski definition) is 4. The monoisotopic (exact) mass is 321 g/mol. The minimum absolute atomic E-state index is 0.349. The fourth-order valence-electron chi connectivity index (χ4n) is 3.25. The topological polar surface area (TPSA) is 48.3 Å². The molecule has 0 aromatic heterocycles. The van der Waals surface area contributed by atoms with Gasteiger partial charge in [-0.25, -0.2) is 0 Å². The second-order valence-electron chi connectivity index (χ2n) is 6.23. The minimum Gasteiger partial charge on any atom is -0.497 e. The lowest BCUT2D eigenvalue weighted by molar-refractivity contribution is 0.208. The van der Waals surface area contributed by atoms with Crippen molar-refractivity contribution in [2.75, 3.05) is 25.5 Å². The normalized spacial score (nSPS) is 17.9. The average molecular weight is 321 g/mol. The fourth-order valence-corrected chi connectivity index (χ4v) is 3.25. The van der Waals surface area contributed by atoms with Gasteiger partial charge in [0.2, 0.25) is 0 Å². The van der Waals surface area contributed by atoms with Gasteiger partial charge in [-0.15, -0.1) is 0 Å². The zero-order valence-corrected chi connectivity index (χ0v) is 14.0. The van der Waals surface area contributed by atoms with E-state index in [2.05, 4.69) is 46.6 Å². The Balaban J connectivity index is 1.66. The molecule has 0 spiro atoms. The molecule has 24 heavy (non-hydrogen) atoms. The quantitative estimate of drug-likeness (QED) is 0.913. The van der Waals surface area contributed by atoms with Gasteiger partial charge in [-0.3, -0.25) is 4.90 Å². The first kappa shape index (κ1) is 16.4. The summed E-state index contributed by atoms with van der Waals surface area (Å²) in [6, 6.07) is 18.7. The van der Waals surface area contributed by atoms with Gasteiger partial charge in [0.05, 0.1) is 18.4 Å². The summed E-state index contributed by atoms with van der Waals surface area (Å²) < 4.78 is 5.28. The van der Waals surface area contributed by atoms with Gasteiger partial charge in [0.25, 0.3) is 0 Å². The Hall–Kier alpha value is -2.51. The molecule has 0 aliphatic carbocycles. The lowest BCUT2D eigenvalue weighted by atomic mass is 10.0. The summed E-state index contributed by atoms with van der Waals surface area (Å²) in [6.45, 7) is 3.08. The van der Waals surface area contributed by atoms with Gasteiger partial charge in [-0.2, -0.15) is 5.26 Å². The minimum atomic E-state index is 0.349. The van der Waals surface area contributed by atoms with Crippen molar-refractivity contribution in [2.24, 2.45) is 0 Å². The van der Waals surface area contributed by atoms with Gasteiger partial charge in [0.15, 0.2) is 0 Å². The van der Waals surface area contributed by atoms with E-state index in [9.17, 15) is 5.26 Å². The van der Waals surface area contributed by atoms with E-state index in [1.54, 1.807) is 7.11 Å². The second kappa shape index (κ2) is 7.85. The molecule has 1 unspecified atom stereocenters. The number of nitrogens with zero attached hydrogens (tertiary/aromatic N) is 2. The molecule has 124 valence electrons. The van der Waals surface area contributed by atoms with E-state index in [4.69, 9.17) is 4.74 Å². The van der Waals surface area contributed by atoms with Crippen molar-refractivity contribution in [3.8, 4) is 11.8 Å². The molecule has 0 radical (unpaired) electrons. The molecule has 4 nitrogen and oxygen atoms in total. The van der Waals surface area contributed by atoms with Crippen LogP contribution in [0.25, 0.3) is 0 Å². The number of methoxy groups -OCH3 is 1. The SMILES string of the molecule is COc1ccc(C#N)c(NC2CCCN(Cc3ccccc3)C2)c1. The number of nitriles is 1. The molecule has 1 N–H and O–H groups in total. The number of likely N-dealkylation sites (tertiary alicyclic amines) is 1. The van der Waals surface area contributed by atoms with Crippen molar-refractivity contribution < 1.29 is 4.74 Å². The lowest BCUT2D eigenvalue weighted by Crippen LogP contribution is -2.41. The molecular weight excluding hydrogens is 298 g/mol. The molecule has 2 aromatic carbocycles. The van der Waals surface area contributed by atoms with Crippen LogP contribution >= 0.6 is 0 Å². The second-order valence-corrected chi connectivity index (χ2v) is 6.23. The van der Waals surface area contributed by atoms with Crippen LogP contribution in [0.15, 0.2) is 48.5 Å². The first-order chi connectivity index (χ1) is 11.8. The number of nitrogens with one attached hydrogen (secondary N) is 1. The molecular formula is C20H23N3O. The Labute approximate surface area is 143 Å². The summed E-state index contributed by atoms with van der Waals surface area (Å²) in [5, 5.41) is 12.9. The molecule has 3 rings (SSSR count). The Bertz CT molecular complexity index is 709. The molecule has 1 aliphatic rings. The Morgan fingerprint density at radius 1 is 1.25 bits per heavy atom. The highest BCUT2D eigenvalue weighted by atomic mass is 16.5. The van der Waals surface area contributed by atoms with Crippen LogP contribution in [0.4, 0.5) is 5.69 Å². The first-order valence-corrected chi connectivity index (χ1v) is 8.39. The Morgan fingerprint density at radius 3 is 2.83 bits per heavy atom. The third kappa shape index (κ3) is 4.06. The van der Waals surface area contributed by atoms with Crippen molar-refractivity contribution in [1.82, 2.24) is 4.90 Å². The van der Waals surface area contributed by atoms with Crippen LogP contribution in [0, 0.1) is 11.3 Å². The van der Waals surface area contributed by atoms with E-state index in [0.717, 1.165) is 43.9 Å². The number of rotatable bonds is 5. The summed E-state index contributed by atoms with van der Waals surface area (Å²) in [7, 11) is 1.65. The summed E-state index contributed by atoms with van der Waals surface area (Å²) >= 11 is 0. The molecule has 1 saturated heterocycles. The molecule has 1 fully saturated rings. The zero-order chi connectivity index (χ0) is 16.8. The van der Waals surface area contributed by atoms with Crippen LogP contribution in [-0.4, -0.2) is 31.1 Å². The van der Waals surface area contributed by atoms with Crippen LogP contribution in [-0.2, 0) is 6.54 Å². The van der Waals surface area contributed by atoms with E-state index in [1.165, 1.54) is 5.56 Å². The number of ether oxygens (including phenoxy) is 1. The average Bonchev–Trinajstić information content (AvgIpc) is 2.63. The van der Waals surface area contributed by atoms with Gasteiger partial charge < -0.3 is 10.1 Å². The van der Waals surface area contributed by atoms with Gasteiger partial charge >= 0.3 is 0 Å². The standard InChI is InChI=1S/C20H23N3O/c1-24-19-10-9-17(13-21)20(12-19)22-18-8-5-11-23(15-18)14-16-6-3-2-4-7-16/h2-4,6-7,9-10,12,18,22H,5,8,11,14-15H2,1H3. The maximum atomic E-state index is 9.32. The van der Waals surface area contributed by atoms with Crippen LogP contribution in [0.2, 0.25) is 0 Å². The van der Waals surface area contributed by atoms with E-state index < -0.39 is 0 Å². The maximum absolute atomic E-state index is 9.32. The van der Waals surface area contributed by atoms with Gasteiger partial charge in [-0.1, -0.05) is 30.3 Å². The smallest absolute Gasteiger partial charge is 0.121 e. The van der Waals surface area contributed by atoms with Crippen molar-refractivity contribution in [3.63, 3.8) is 0 Å². The number of piperidine rings is 1. The van der Waals surface area contributed by atoms with Gasteiger partial charge in [-0.05, 0) is 37.1 Å².